The van der Waals surface area contributed by atoms with Crippen LogP contribution in [0, 0.1) is 20.8 Å². The minimum absolute atomic E-state index is 0.252. The van der Waals surface area contributed by atoms with E-state index >= 15 is 0 Å². The second kappa shape index (κ2) is 9.78. The van der Waals surface area contributed by atoms with Crippen molar-refractivity contribution in [1.82, 2.24) is 9.78 Å². The lowest BCUT2D eigenvalue weighted by molar-refractivity contribution is 0.407. The Hall–Kier alpha value is -5.17. The summed E-state index contributed by atoms with van der Waals surface area (Å²) in [7, 11) is 1.72. The number of aromatic nitrogens is 2. The van der Waals surface area contributed by atoms with Crippen LogP contribution in [0.25, 0.3) is 5.69 Å². The summed E-state index contributed by atoms with van der Waals surface area (Å²) in [6, 6.07) is 32.7. The Kier molecular flexibility index (Phi) is 5.93. The molecule has 1 N–H and O–H groups in total. The van der Waals surface area contributed by atoms with E-state index < -0.39 is 0 Å². The molecule has 202 valence electrons. The number of para-hydroxylation sites is 4. The molecule has 3 heterocycles. The predicted octanol–water partition coefficient (Wildman–Crippen LogP) is 7.60. The molecule has 0 aliphatic carbocycles. The molecular weight excluding hydrogens is 508 g/mol. The van der Waals surface area contributed by atoms with Crippen LogP contribution in [0.5, 0.6) is 5.75 Å². The first kappa shape index (κ1) is 24.8. The summed E-state index contributed by atoms with van der Waals surface area (Å²) >= 11 is 0. The first-order valence-electron chi connectivity index (χ1n) is 13.7. The minimum Gasteiger partial charge on any atom is -0.496 e. The molecule has 0 spiro atoms. The number of nitrogens with zero attached hydrogens (tertiary/aromatic N) is 5. The van der Waals surface area contributed by atoms with Gasteiger partial charge in [0, 0.05) is 16.8 Å². The Bertz CT molecular complexity index is 1850. The van der Waals surface area contributed by atoms with Gasteiger partial charge in [-0.1, -0.05) is 60.7 Å². The van der Waals surface area contributed by atoms with Crippen LogP contribution in [-0.2, 0) is 0 Å². The number of fused-ring (bicyclic) bond motifs is 4. The minimum atomic E-state index is -0.252. The van der Waals surface area contributed by atoms with Crippen LogP contribution in [0.1, 0.15) is 34.0 Å². The second-order valence-corrected chi connectivity index (χ2v) is 10.4. The molecular formula is C34H30N6O. The topological polar surface area (TPSA) is 67.0 Å². The van der Waals surface area contributed by atoms with Gasteiger partial charge in [-0.05, 0) is 68.3 Å². The van der Waals surface area contributed by atoms with E-state index in [1.54, 1.807) is 7.11 Å². The molecule has 2 aliphatic heterocycles. The molecule has 2 aliphatic rings. The molecule has 41 heavy (non-hydrogen) atoms. The van der Waals surface area contributed by atoms with Gasteiger partial charge in [0.25, 0.3) is 0 Å². The zero-order valence-electron chi connectivity index (χ0n) is 23.5. The smallest absolute Gasteiger partial charge is 0.179 e. The van der Waals surface area contributed by atoms with Gasteiger partial charge in [0.15, 0.2) is 17.5 Å². The summed E-state index contributed by atoms with van der Waals surface area (Å²) in [5.41, 5.74) is 9.07. The zero-order valence-corrected chi connectivity index (χ0v) is 23.5. The molecule has 1 aromatic heterocycles. The lowest BCUT2D eigenvalue weighted by Crippen LogP contribution is -2.46. The number of ether oxygens (including phenoxy) is 1. The van der Waals surface area contributed by atoms with E-state index in [1.807, 2.05) is 53.2 Å². The Morgan fingerprint density at radius 2 is 1.56 bits per heavy atom. The molecule has 0 unspecified atom stereocenters. The van der Waals surface area contributed by atoms with Crippen molar-refractivity contribution < 1.29 is 4.74 Å². The average Bonchev–Trinajstić information content (AvgIpc) is 3.34. The molecule has 7 nitrogen and oxygen atoms in total. The highest BCUT2D eigenvalue weighted by Gasteiger charge is 2.42. The summed E-state index contributed by atoms with van der Waals surface area (Å²) in [6.07, 6.45) is 0. The van der Waals surface area contributed by atoms with Crippen molar-refractivity contribution in [2.45, 2.75) is 26.8 Å². The Morgan fingerprint density at radius 1 is 0.805 bits per heavy atom. The molecule has 0 amide bonds. The fourth-order valence-electron chi connectivity index (χ4n) is 5.73. The molecule has 0 fully saturated rings. The first-order valence-corrected chi connectivity index (χ1v) is 13.7. The third-order valence-electron chi connectivity index (χ3n) is 7.72. The molecule has 7 rings (SSSR count). The third kappa shape index (κ3) is 4.09. The van der Waals surface area contributed by atoms with E-state index in [4.69, 9.17) is 19.8 Å². The number of hydrogen-bond acceptors (Lipinski definition) is 6. The van der Waals surface area contributed by atoms with Gasteiger partial charge in [-0.3, -0.25) is 0 Å². The summed E-state index contributed by atoms with van der Waals surface area (Å²) in [5, 5.41) is 8.67. The summed E-state index contributed by atoms with van der Waals surface area (Å²) in [5.74, 6) is 3.00. The fourth-order valence-corrected chi connectivity index (χ4v) is 5.73. The van der Waals surface area contributed by atoms with E-state index in [1.165, 1.54) is 5.56 Å². The monoisotopic (exact) mass is 538 g/mol. The predicted molar refractivity (Wildman–Crippen MR) is 166 cm³/mol. The summed E-state index contributed by atoms with van der Waals surface area (Å²) < 4.78 is 7.86. The SMILES string of the molecule is COc1ccccc1[C@H]1c2c(C)nn(-c3ccccc3)c2N=C2C(Nc3cc(C)ccc3C)=Nc3ccccc3N21. The van der Waals surface area contributed by atoms with Crippen molar-refractivity contribution in [2.75, 3.05) is 17.3 Å². The number of methoxy groups -OCH3 is 1. The maximum absolute atomic E-state index is 5.92. The third-order valence-corrected chi connectivity index (χ3v) is 7.72. The maximum Gasteiger partial charge on any atom is 0.179 e. The van der Waals surface area contributed by atoms with Gasteiger partial charge >= 0.3 is 0 Å². The molecule has 1 atom stereocenters. The molecule has 5 aromatic rings. The number of anilines is 2. The highest BCUT2D eigenvalue weighted by Crippen LogP contribution is 2.49. The van der Waals surface area contributed by atoms with Crippen molar-refractivity contribution in [2.24, 2.45) is 9.98 Å². The quantitative estimate of drug-likeness (QED) is 0.256. The van der Waals surface area contributed by atoms with Gasteiger partial charge in [0.05, 0.1) is 35.9 Å². The number of aryl methyl sites for hydroxylation is 3. The van der Waals surface area contributed by atoms with Gasteiger partial charge in [-0.2, -0.15) is 5.10 Å². The van der Waals surface area contributed by atoms with Crippen molar-refractivity contribution in [3.63, 3.8) is 0 Å². The van der Waals surface area contributed by atoms with Crippen LogP contribution in [0.2, 0.25) is 0 Å². The lowest BCUT2D eigenvalue weighted by Gasteiger charge is -2.41. The van der Waals surface area contributed by atoms with Crippen molar-refractivity contribution in [3.8, 4) is 11.4 Å². The average molecular weight is 539 g/mol. The van der Waals surface area contributed by atoms with Crippen LogP contribution in [0.3, 0.4) is 0 Å². The van der Waals surface area contributed by atoms with Crippen LogP contribution in [0.4, 0.5) is 22.9 Å². The highest BCUT2D eigenvalue weighted by molar-refractivity contribution is 6.51. The molecule has 4 aromatic carbocycles. The van der Waals surface area contributed by atoms with E-state index in [0.29, 0.717) is 5.84 Å². The number of aliphatic imine (C=N–C) groups is 2. The maximum atomic E-state index is 5.92. The highest BCUT2D eigenvalue weighted by atomic mass is 16.5. The van der Waals surface area contributed by atoms with Gasteiger partial charge < -0.3 is 15.0 Å². The molecule has 0 radical (unpaired) electrons. The van der Waals surface area contributed by atoms with Gasteiger partial charge in [0.1, 0.15) is 5.75 Å². The number of amidine groups is 2. The zero-order chi connectivity index (χ0) is 28.1. The van der Waals surface area contributed by atoms with Crippen molar-refractivity contribution in [3.05, 3.63) is 125 Å². The van der Waals surface area contributed by atoms with E-state index in [2.05, 4.69) is 79.5 Å². The van der Waals surface area contributed by atoms with Crippen LogP contribution in [0.15, 0.2) is 107 Å². The van der Waals surface area contributed by atoms with Crippen LogP contribution < -0.4 is 15.0 Å². The van der Waals surface area contributed by atoms with Crippen LogP contribution in [-0.4, -0.2) is 28.6 Å². The van der Waals surface area contributed by atoms with E-state index in [-0.39, 0.29) is 6.04 Å². The standard InChI is InChI=1S/C34H30N6O/c1-21-18-19-22(2)27(20-21)36-32-34-37-33-30(23(3)38-40(33)24-12-6-5-7-13-24)31(25-14-8-11-17-29(25)41-4)39(34)28-16-10-9-15-26(28)35-32/h5-20,31H,1-4H3,(H,35,36)/t31-/m0/s1. The number of nitrogens with one attached hydrogen (secondary N) is 1. The Labute approximate surface area is 239 Å². The lowest BCUT2D eigenvalue weighted by atomic mass is 9.92. The summed E-state index contributed by atoms with van der Waals surface area (Å²) in [6.45, 7) is 6.25. The van der Waals surface area contributed by atoms with E-state index in [0.717, 1.165) is 62.5 Å². The largest absolute Gasteiger partial charge is 0.496 e. The normalized spacial score (nSPS) is 15.3. The molecule has 0 saturated heterocycles. The van der Waals surface area contributed by atoms with E-state index in [9.17, 15) is 0 Å². The summed E-state index contributed by atoms with van der Waals surface area (Å²) in [4.78, 5) is 12.7. The van der Waals surface area contributed by atoms with Crippen molar-refractivity contribution in [1.29, 1.82) is 0 Å². The Morgan fingerprint density at radius 3 is 2.39 bits per heavy atom. The fraction of sp³-hybridized carbons (Fsp3) is 0.147. The van der Waals surface area contributed by atoms with Crippen molar-refractivity contribution >= 4 is 34.6 Å². The van der Waals surface area contributed by atoms with Gasteiger partial charge in [0.2, 0.25) is 0 Å². The molecule has 0 saturated carbocycles. The Balaban J connectivity index is 1.52. The first-order chi connectivity index (χ1) is 20.0. The molecule has 0 bridgehead atoms. The van der Waals surface area contributed by atoms with Crippen LogP contribution >= 0.6 is 0 Å². The van der Waals surface area contributed by atoms with Gasteiger partial charge in [-0.25, -0.2) is 14.7 Å². The second-order valence-electron chi connectivity index (χ2n) is 10.4. The number of hydrogen-bond donors (Lipinski definition) is 1. The number of rotatable bonds is 4. The molecule has 7 heteroatoms. The van der Waals surface area contributed by atoms with Gasteiger partial charge in [-0.15, -0.1) is 0 Å². The number of benzene rings is 4.